The third-order valence-corrected chi connectivity index (χ3v) is 5.98. The van der Waals surface area contributed by atoms with Crippen molar-refractivity contribution in [1.82, 2.24) is 15.2 Å². The third kappa shape index (κ3) is 4.13. The van der Waals surface area contributed by atoms with E-state index in [1.807, 2.05) is 0 Å². The van der Waals surface area contributed by atoms with E-state index in [4.69, 9.17) is 28.0 Å². The zero-order valence-electron chi connectivity index (χ0n) is 16.8. The molecular weight excluding hydrogens is 487 g/mol. The van der Waals surface area contributed by atoms with Crippen LogP contribution in [0.5, 0.6) is 0 Å². The lowest BCUT2D eigenvalue weighted by molar-refractivity contribution is -0.275. The number of hydrogen-bond donors (Lipinski definition) is 1. The molecule has 0 saturated carbocycles. The number of hydrogen-bond acceptors (Lipinski definition) is 5. The third-order valence-electron chi connectivity index (χ3n) is 5.43. The number of amides is 1. The highest BCUT2D eigenvalue weighted by molar-refractivity contribution is 6.35. The summed E-state index contributed by atoms with van der Waals surface area (Å²) in [6.45, 7) is 4.24. The number of oxime groups is 1. The number of alkyl halides is 3. The Hall–Kier alpha value is -2.85. The molecule has 12 heteroatoms. The summed E-state index contributed by atoms with van der Waals surface area (Å²) in [4.78, 5) is 22.8. The first-order valence-electron chi connectivity index (χ1n) is 9.64. The zero-order valence-corrected chi connectivity index (χ0v) is 18.4. The molecule has 1 aromatic carbocycles. The van der Waals surface area contributed by atoms with Crippen LogP contribution in [0.2, 0.25) is 10.0 Å². The van der Waals surface area contributed by atoms with Crippen LogP contribution in [0.1, 0.15) is 33.6 Å². The van der Waals surface area contributed by atoms with E-state index in [0.717, 1.165) is 23.3 Å². The van der Waals surface area contributed by atoms with Gasteiger partial charge >= 0.3 is 6.18 Å². The second-order valence-electron chi connectivity index (χ2n) is 7.55. The van der Waals surface area contributed by atoms with Crippen molar-refractivity contribution in [2.24, 2.45) is 5.16 Å². The zero-order chi connectivity index (χ0) is 24.0. The van der Waals surface area contributed by atoms with Gasteiger partial charge in [-0.3, -0.25) is 9.78 Å². The Morgan fingerprint density at radius 3 is 2.55 bits per heavy atom. The molecule has 0 fully saturated rings. The Labute approximate surface area is 195 Å². The van der Waals surface area contributed by atoms with Gasteiger partial charge in [-0.2, -0.15) is 13.2 Å². The molecule has 0 aliphatic carbocycles. The van der Waals surface area contributed by atoms with Crippen LogP contribution in [0.25, 0.3) is 0 Å². The first-order chi connectivity index (χ1) is 15.6. The normalized spacial score (nSPS) is 19.7. The van der Waals surface area contributed by atoms with Crippen molar-refractivity contribution in [2.75, 3.05) is 6.54 Å². The Morgan fingerprint density at radius 1 is 1.24 bits per heavy atom. The van der Waals surface area contributed by atoms with Crippen LogP contribution in [0.15, 0.2) is 42.2 Å². The molecule has 2 aliphatic heterocycles. The summed E-state index contributed by atoms with van der Waals surface area (Å²) in [6.07, 6.45) is -2.53. The van der Waals surface area contributed by atoms with Crippen LogP contribution in [0, 0.1) is 5.82 Å². The van der Waals surface area contributed by atoms with E-state index < -0.39 is 39.6 Å². The molecule has 1 amide bonds. The van der Waals surface area contributed by atoms with Crippen LogP contribution in [-0.4, -0.2) is 34.3 Å². The second-order valence-corrected chi connectivity index (χ2v) is 8.36. The van der Waals surface area contributed by atoms with E-state index in [1.54, 1.807) is 11.0 Å². The topological polar surface area (TPSA) is 66.8 Å². The summed E-state index contributed by atoms with van der Waals surface area (Å²) >= 11 is 11.5. The van der Waals surface area contributed by atoms with Crippen molar-refractivity contribution in [3.8, 4) is 0 Å². The maximum Gasteiger partial charge on any atom is 0.435 e. The molecule has 33 heavy (non-hydrogen) atoms. The van der Waals surface area contributed by atoms with Gasteiger partial charge in [0.2, 0.25) is 0 Å². The molecule has 6 nitrogen and oxygen atoms in total. The number of pyridine rings is 1. The average Bonchev–Trinajstić information content (AvgIpc) is 3.39. The summed E-state index contributed by atoms with van der Waals surface area (Å²) in [7, 11) is 0. The highest BCUT2D eigenvalue weighted by atomic mass is 35.5. The highest BCUT2D eigenvalue weighted by Crippen LogP contribution is 2.50. The van der Waals surface area contributed by atoms with E-state index in [9.17, 15) is 22.4 Å². The van der Waals surface area contributed by atoms with Gasteiger partial charge in [-0.15, -0.1) is 6.58 Å². The predicted octanol–water partition coefficient (Wildman–Crippen LogP) is 4.95. The largest absolute Gasteiger partial charge is 0.435 e. The molecule has 0 saturated heterocycles. The monoisotopic (exact) mass is 502 g/mol. The summed E-state index contributed by atoms with van der Waals surface area (Å²) in [5.41, 5.74) is -1.66. The number of aromatic nitrogens is 1. The van der Waals surface area contributed by atoms with E-state index in [0.29, 0.717) is 0 Å². The molecule has 2 aliphatic rings. The summed E-state index contributed by atoms with van der Waals surface area (Å²) in [5.74, 6) is -1.37. The molecule has 3 heterocycles. The Morgan fingerprint density at radius 2 is 1.91 bits per heavy atom. The van der Waals surface area contributed by atoms with Gasteiger partial charge in [0.05, 0.1) is 16.5 Å². The van der Waals surface area contributed by atoms with Crippen molar-refractivity contribution >= 4 is 34.9 Å². The minimum Gasteiger partial charge on any atom is -0.372 e. The lowest BCUT2D eigenvalue weighted by Crippen LogP contribution is -2.44. The van der Waals surface area contributed by atoms with E-state index in [-0.39, 0.29) is 37.1 Å². The number of benzene rings is 1. The van der Waals surface area contributed by atoms with E-state index >= 15 is 0 Å². The summed E-state index contributed by atoms with van der Waals surface area (Å²) < 4.78 is 56.3. The maximum atomic E-state index is 14.2. The molecule has 1 atom stereocenters. The lowest BCUT2D eigenvalue weighted by Gasteiger charge is -2.30. The fraction of sp³-hybridized carbons (Fsp3) is 0.286. The Balaban J connectivity index is 1.58. The molecule has 2 aromatic rings. The van der Waals surface area contributed by atoms with Crippen LogP contribution in [0.3, 0.4) is 0 Å². The fourth-order valence-corrected chi connectivity index (χ4v) is 4.18. The predicted molar refractivity (Wildman–Crippen MR) is 113 cm³/mol. The van der Waals surface area contributed by atoms with E-state index in [1.165, 1.54) is 12.3 Å². The number of nitrogens with one attached hydrogen (secondary N) is 1. The van der Waals surface area contributed by atoms with Crippen molar-refractivity contribution in [3.05, 3.63) is 75.3 Å². The smallest absolute Gasteiger partial charge is 0.372 e. The average molecular weight is 503 g/mol. The minimum atomic E-state index is -4.90. The molecule has 1 aromatic heterocycles. The number of nitrogens with zero attached hydrogens (tertiary/aromatic N) is 3. The number of carbonyl (C=O) groups is 1. The lowest BCUT2D eigenvalue weighted by atomic mass is 9.89. The molecule has 0 radical (unpaired) electrons. The molecule has 0 spiro atoms. The minimum absolute atomic E-state index is 0.0396. The molecule has 1 N–H and O–H groups in total. The first kappa shape index (κ1) is 23.3. The number of carbonyl (C=O) groups excluding carboxylic acids is 1. The fourth-order valence-electron chi connectivity index (χ4n) is 3.69. The molecule has 0 bridgehead atoms. The van der Waals surface area contributed by atoms with Gasteiger partial charge in [-0.25, -0.2) is 4.39 Å². The number of amidine groups is 1. The van der Waals surface area contributed by atoms with Gasteiger partial charge in [0.25, 0.3) is 11.5 Å². The van der Waals surface area contributed by atoms with Gasteiger partial charge in [-0.1, -0.05) is 34.4 Å². The van der Waals surface area contributed by atoms with Crippen LogP contribution >= 0.6 is 23.2 Å². The quantitative estimate of drug-likeness (QED) is 0.365. The maximum absolute atomic E-state index is 14.2. The van der Waals surface area contributed by atoms with Crippen molar-refractivity contribution in [2.45, 2.75) is 31.3 Å². The van der Waals surface area contributed by atoms with Gasteiger partial charge in [0, 0.05) is 31.4 Å². The Kier molecular flexibility index (Phi) is 6.00. The van der Waals surface area contributed by atoms with Crippen molar-refractivity contribution < 1.29 is 27.2 Å². The first-order valence-corrected chi connectivity index (χ1v) is 10.4. The standard InChI is InChI=1S/C21H16Cl2F4N4O2/c1-2-3-28-19(32)16-4-11-9-31(10-12(11)8-29-16)17-7-20(33-30-17,21(25,26)27)13-5-14(22)18(24)15(23)6-13/h2,4-6,8H,1,3,7,9-10H2,(H,28,32). The van der Waals surface area contributed by atoms with Crippen LogP contribution < -0.4 is 5.32 Å². The van der Waals surface area contributed by atoms with Gasteiger partial charge < -0.3 is 15.1 Å². The molecule has 4 rings (SSSR count). The highest BCUT2D eigenvalue weighted by Gasteiger charge is 2.63. The Bertz CT molecular complexity index is 1150. The summed E-state index contributed by atoms with van der Waals surface area (Å²) in [5, 5.41) is 5.21. The van der Waals surface area contributed by atoms with Crippen molar-refractivity contribution in [3.63, 3.8) is 0 Å². The SMILES string of the molecule is C=CCNC(=O)c1cc2c(cn1)CN(C1=NOC(c3cc(Cl)c(F)c(Cl)c3)(C(F)(F)F)C1)C2. The number of fused-ring (bicyclic) bond motifs is 1. The number of halogens is 6. The van der Waals surface area contributed by atoms with Crippen LogP contribution in [0.4, 0.5) is 17.6 Å². The molecular formula is C21H16Cl2F4N4O2. The molecule has 174 valence electrons. The second kappa shape index (κ2) is 8.49. The van der Waals surface area contributed by atoms with Gasteiger partial charge in [0.15, 0.2) is 5.82 Å². The van der Waals surface area contributed by atoms with Gasteiger partial charge in [0.1, 0.15) is 11.5 Å². The van der Waals surface area contributed by atoms with Crippen molar-refractivity contribution in [1.29, 1.82) is 0 Å². The molecule has 1 unspecified atom stereocenters. The summed E-state index contributed by atoms with van der Waals surface area (Å²) in [6, 6.07) is 3.26. The number of rotatable bonds is 4. The van der Waals surface area contributed by atoms with E-state index in [2.05, 4.69) is 22.0 Å². The van der Waals surface area contributed by atoms with Crippen LogP contribution in [-0.2, 0) is 23.5 Å². The van der Waals surface area contributed by atoms with Gasteiger partial charge in [-0.05, 0) is 29.3 Å².